The summed E-state index contributed by atoms with van der Waals surface area (Å²) in [7, 11) is -3.82. The number of benzene rings is 2. The van der Waals surface area contributed by atoms with Crippen LogP contribution in [0, 0.1) is 0 Å². The lowest BCUT2D eigenvalue weighted by atomic mass is 10.2. The fraction of sp³-hybridized carbons (Fsp3) is 0. The molecular formula is C18H13N3O4S. The van der Waals surface area contributed by atoms with E-state index in [1.807, 2.05) is 30.3 Å². The molecular weight excluding hydrogens is 354 g/mol. The smallest absolute Gasteiger partial charge is 0.309 e. The molecule has 0 atom stereocenters. The average Bonchev–Trinajstić information content (AvgIpc) is 3.34. The lowest BCUT2D eigenvalue weighted by molar-refractivity contribution is 0.422. The molecule has 0 saturated carbocycles. The predicted molar refractivity (Wildman–Crippen MR) is 94.7 cm³/mol. The standard InChI is InChI=1S/C18H13N3O4S/c22-26(23,15-8-6-13(7-9-15)16-10-11-24-20-16)21-18-19-12-17(25-18)14-4-2-1-3-5-14/h1-12H,(H,19,21). The van der Waals surface area contributed by atoms with E-state index >= 15 is 0 Å². The molecule has 130 valence electrons. The molecule has 0 bridgehead atoms. The summed E-state index contributed by atoms with van der Waals surface area (Å²) < 4.78 is 37.6. The third-order valence-electron chi connectivity index (χ3n) is 3.68. The molecule has 0 unspecified atom stereocenters. The third kappa shape index (κ3) is 3.22. The van der Waals surface area contributed by atoms with E-state index in [1.54, 1.807) is 18.2 Å². The lowest BCUT2D eigenvalue weighted by Crippen LogP contribution is -2.13. The van der Waals surface area contributed by atoms with Crippen molar-refractivity contribution < 1.29 is 17.4 Å². The number of nitrogens with one attached hydrogen (secondary N) is 1. The minimum absolute atomic E-state index is 0.0872. The maximum Gasteiger partial charge on any atom is 0.309 e. The molecule has 2 heterocycles. The van der Waals surface area contributed by atoms with Gasteiger partial charge in [-0.05, 0) is 12.1 Å². The van der Waals surface area contributed by atoms with Gasteiger partial charge in [0.25, 0.3) is 10.0 Å². The van der Waals surface area contributed by atoms with Crippen LogP contribution in [0.2, 0.25) is 0 Å². The second-order valence-corrected chi connectivity index (χ2v) is 7.09. The maximum atomic E-state index is 12.5. The zero-order chi connectivity index (χ0) is 18.0. The van der Waals surface area contributed by atoms with E-state index in [0.717, 1.165) is 11.1 Å². The molecule has 0 spiro atoms. The van der Waals surface area contributed by atoms with Gasteiger partial charge in [0.2, 0.25) is 0 Å². The van der Waals surface area contributed by atoms with E-state index in [9.17, 15) is 8.42 Å². The van der Waals surface area contributed by atoms with Crippen molar-refractivity contribution in [1.29, 1.82) is 0 Å². The van der Waals surface area contributed by atoms with Crippen LogP contribution < -0.4 is 4.72 Å². The molecule has 0 fully saturated rings. The van der Waals surface area contributed by atoms with Gasteiger partial charge in [-0.2, -0.15) is 0 Å². The number of oxazole rings is 1. The highest BCUT2D eigenvalue weighted by molar-refractivity contribution is 7.92. The number of hydrogen-bond donors (Lipinski definition) is 1. The van der Waals surface area contributed by atoms with Gasteiger partial charge in [0, 0.05) is 17.2 Å². The number of aromatic nitrogens is 2. The Labute approximate surface area is 149 Å². The summed E-state index contributed by atoms with van der Waals surface area (Å²) in [6, 6.07) is 17.2. The fourth-order valence-corrected chi connectivity index (χ4v) is 3.33. The summed E-state index contributed by atoms with van der Waals surface area (Å²) in [6.45, 7) is 0. The SMILES string of the molecule is O=S(=O)(Nc1ncc(-c2ccccc2)o1)c1ccc(-c2ccon2)cc1. The van der Waals surface area contributed by atoms with Gasteiger partial charge >= 0.3 is 6.01 Å². The lowest BCUT2D eigenvalue weighted by Gasteiger charge is -2.05. The molecule has 0 aliphatic heterocycles. The number of anilines is 1. The van der Waals surface area contributed by atoms with E-state index < -0.39 is 10.0 Å². The van der Waals surface area contributed by atoms with Gasteiger partial charge in [-0.15, -0.1) is 0 Å². The Morgan fingerprint density at radius 3 is 2.35 bits per heavy atom. The normalized spacial score (nSPS) is 11.4. The molecule has 8 heteroatoms. The molecule has 4 aromatic rings. The molecule has 1 N–H and O–H groups in total. The van der Waals surface area contributed by atoms with E-state index in [1.165, 1.54) is 24.6 Å². The molecule has 0 aliphatic carbocycles. The van der Waals surface area contributed by atoms with Crippen molar-refractivity contribution in [3.8, 4) is 22.6 Å². The van der Waals surface area contributed by atoms with Crippen LogP contribution in [0.1, 0.15) is 0 Å². The Balaban J connectivity index is 1.55. The first-order valence-electron chi connectivity index (χ1n) is 7.67. The fourth-order valence-electron chi connectivity index (χ4n) is 2.40. The third-order valence-corrected chi connectivity index (χ3v) is 5.02. The maximum absolute atomic E-state index is 12.5. The van der Waals surface area contributed by atoms with Crippen LogP contribution in [0.4, 0.5) is 6.01 Å². The molecule has 7 nitrogen and oxygen atoms in total. The molecule has 26 heavy (non-hydrogen) atoms. The van der Waals surface area contributed by atoms with Crippen molar-refractivity contribution >= 4 is 16.0 Å². The summed E-state index contributed by atoms with van der Waals surface area (Å²) in [6.07, 6.45) is 2.93. The van der Waals surface area contributed by atoms with Gasteiger partial charge in [-0.1, -0.05) is 47.6 Å². The Morgan fingerprint density at radius 1 is 0.885 bits per heavy atom. The minimum Gasteiger partial charge on any atom is -0.423 e. The zero-order valence-corrected chi connectivity index (χ0v) is 14.2. The van der Waals surface area contributed by atoms with Gasteiger partial charge in [-0.3, -0.25) is 0 Å². The molecule has 0 amide bonds. The van der Waals surface area contributed by atoms with Crippen LogP contribution in [0.3, 0.4) is 0 Å². The van der Waals surface area contributed by atoms with Crippen molar-refractivity contribution in [3.63, 3.8) is 0 Å². The van der Waals surface area contributed by atoms with Crippen molar-refractivity contribution in [2.24, 2.45) is 0 Å². The number of hydrogen-bond acceptors (Lipinski definition) is 6. The minimum atomic E-state index is -3.82. The van der Waals surface area contributed by atoms with Gasteiger partial charge in [0.15, 0.2) is 5.76 Å². The van der Waals surface area contributed by atoms with Crippen LogP contribution in [-0.4, -0.2) is 18.6 Å². The molecule has 4 rings (SSSR count). The van der Waals surface area contributed by atoms with Gasteiger partial charge < -0.3 is 8.94 Å². The quantitative estimate of drug-likeness (QED) is 0.576. The zero-order valence-electron chi connectivity index (χ0n) is 13.4. The second-order valence-electron chi connectivity index (χ2n) is 5.41. The average molecular weight is 367 g/mol. The first-order chi connectivity index (χ1) is 12.6. The Hall–Kier alpha value is -3.39. The van der Waals surface area contributed by atoms with Crippen molar-refractivity contribution in [1.82, 2.24) is 10.1 Å². The van der Waals surface area contributed by atoms with Crippen LogP contribution >= 0.6 is 0 Å². The topological polar surface area (TPSA) is 98.2 Å². The Kier molecular flexibility index (Phi) is 4.02. The second kappa shape index (κ2) is 6.49. The Morgan fingerprint density at radius 2 is 1.65 bits per heavy atom. The molecule has 0 aliphatic rings. The Bertz CT molecular complexity index is 1100. The monoisotopic (exact) mass is 367 g/mol. The molecule has 0 radical (unpaired) electrons. The van der Waals surface area contributed by atoms with Crippen LogP contribution in [0.15, 0.2) is 87.0 Å². The number of rotatable bonds is 5. The first kappa shape index (κ1) is 16.1. The highest BCUT2D eigenvalue weighted by Gasteiger charge is 2.18. The van der Waals surface area contributed by atoms with Gasteiger partial charge in [0.05, 0.1) is 11.1 Å². The van der Waals surface area contributed by atoms with Crippen molar-refractivity contribution in [3.05, 3.63) is 73.1 Å². The number of nitrogens with zero attached hydrogens (tertiary/aromatic N) is 2. The molecule has 2 aromatic carbocycles. The van der Waals surface area contributed by atoms with E-state index in [-0.39, 0.29) is 10.9 Å². The number of sulfonamides is 1. The van der Waals surface area contributed by atoms with Crippen molar-refractivity contribution in [2.75, 3.05) is 4.72 Å². The summed E-state index contributed by atoms with van der Waals surface area (Å²) >= 11 is 0. The van der Waals surface area contributed by atoms with E-state index in [2.05, 4.69) is 14.9 Å². The highest BCUT2D eigenvalue weighted by Crippen LogP contribution is 2.24. The largest absolute Gasteiger partial charge is 0.423 e. The van der Waals surface area contributed by atoms with Gasteiger partial charge in [-0.25, -0.2) is 18.1 Å². The molecule has 0 saturated heterocycles. The first-order valence-corrected chi connectivity index (χ1v) is 9.15. The van der Waals surface area contributed by atoms with Gasteiger partial charge in [0.1, 0.15) is 12.0 Å². The summed E-state index contributed by atoms with van der Waals surface area (Å²) in [5.74, 6) is 0.477. The van der Waals surface area contributed by atoms with Crippen LogP contribution in [0.25, 0.3) is 22.6 Å². The van der Waals surface area contributed by atoms with E-state index in [0.29, 0.717) is 11.5 Å². The summed E-state index contributed by atoms with van der Waals surface area (Å²) in [5.41, 5.74) is 2.18. The van der Waals surface area contributed by atoms with Crippen molar-refractivity contribution in [2.45, 2.75) is 4.90 Å². The highest BCUT2D eigenvalue weighted by atomic mass is 32.2. The summed E-state index contributed by atoms with van der Waals surface area (Å²) in [5, 5.41) is 3.81. The predicted octanol–water partition coefficient (Wildman–Crippen LogP) is 3.80. The summed E-state index contributed by atoms with van der Waals surface area (Å²) in [4.78, 5) is 4.07. The molecule has 2 aromatic heterocycles. The van der Waals surface area contributed by atoms with Crippen LogP contribution in [0.5, 0.6) is 0 Å². The van der Waals surface area contributed by atoms with E-state index in [4.69, 9.17) is 8.94 Å². The van der Waals surface area contributed by atoms with Crippen LogP contribution in [-0.2, 0) is 10.0 Å².